The Kier molecular flexibility index (Phi) is 4.67. The number of hydrogen-bond acceptors (Lipinski definition) is 3. The average Bonchev–Trinajstić information content (AvgIpc) is 2.46. The topological polar surface area (TPSA) is 45.0 Å². The van der Waals surface area contributed by atoms with Crippen molar-refractivity contribution in [1.29, 1.82) is 5.26 Å². The molecule has 0 saturated carbocycles. The Morgan fingerprint density at radius 2 is 1.95 bits per heavy atom. The van der Waals surface area contributed by atoms with Gasteiger partial charge in [-0.15, -0.1) is 0 Å². The molecule has 0 saturated heterocycles. The van der Waals surface area contributed by atoms with E-state index in [0.29, 0.717) is 16.8 Å². The summed E-state index contributed by atoms with van der Waals surface area (Å²) < 4.78 is 42.2. The molecule has 0 radical (unpaired) electrons. The van der Waals surface area contributed by atoms with Crippen LogP contribution in [0, 0.1) is 17.1 Å². The second kappa shape index (κ2) is 6.66. The van der Waals surface area contributed by atoms with Crippen LogP contribution in [-0.2, 0) is 6.54 Å². The summed E-state index contributed by atoms with van der Waals surface area (Å²) in [5.74, 6) is -0.481. The van der Waals surface area contributed by atoms with E-state index in [0.717, 1.165) is 0 Å². The van der Waals surface area contributed by atoms with Gasteiger partial charge in [0, 0.05) is 6.54 Å². The zero-order chi connectivity index (χ0) is 15.2. The van der Waals surface area contributed by atoms with Crippen LogP contribution in [0.4, 0.5) is 18.9 Å². The fraction of sp³-hybridized carbons (Fsp3) is 0.133. The third-order valence-corrected chi connectivity index (χ3v) is 2.76. The van der Waals surface area contributed by atoms with Gasteiger partial charge in [0.05, 0.1) is 17.3 Å². The molecule has 0 unspecified atom stereocenters. The van der Waals surface area contributed by atoms with Crippen LogP contribution in [0.1, 0.15) is 11.1 Å². The third kappa shape index (κ3) is 3.89. The number of ether oxygens (including phenoxy) is 1. The molecule has 2 aromatic rings. The van der Waals surface area contributed by atoms with Gasteiger partial charge in [-0.1, -0.05) is 12.1 Å². The van der Waals surface area contributed by atoms with Crippen molar-refractivity contribution in [3.63, 3.8) is 0 Å². The Bertz CT molecular complexity index is 668. The number of benzene rings is 2. The van der Waals surface area contributed by atoms with Gasteiger partial charge in [0.15, 0.2) is 0 Å². The monoisotopic (exact) mass is 292 g/mol. The summed E-state index contributed by atoms with van der Waals surface area (Å²) in [7, 11) is 0. The molecule has 2 aromatic carbocycles. The second-order valence-electron chi connectivity index (χ2n) is 4.14. The first-order chi connectivity index (χ1) is 10.1. The number of anilines is 1. The lowest BCUT2D eigenvalue weighted by Gasteiger charge is -2.13. The van der Waals surface area contributed by atoms with Gasteiger partial charge in [0.25, 0.3) is 0 Å². The summed E-state index contributed by atoms with van der Waals surface area (Å²) in [6.45, 7) is -2.82. The Balaban J connectivity index is 2.17. The largest absolute Gasteiger partial charge is 0.433 e. The number of hydrogen-bond donors (Lipinski definition) is 1. The number of nitrogens with one attached hydrogen (secondary N) is 1. The number of halogens is 3. The molecule has 0 aromatic heterocycles. The molecule has 6 heteroatoms. The summed E-state index contributed by atoms with van der Waals surface area (Å²) in [6, 6.07) is 11.9. The molecule has 0 bridgehead atoms. The molecule has 0 heterocycles. The predicted molar refractivity (Wildman–Crippen MR) is 71.5 cm³/mol. The van der Waals surface area contributed by atoms with Crippen molar-refractivity contribution in [3.05, 3.63) is 59.4 Å². The van der Waals surface area contributed by atoms with Crippen LogP contribution >= 0.6 is 0 Å². The molecule has 0 fully saturated rings. The maximum Gasteiger partial charge on any atom is 0.387 e. The van der Waals surface area contributed by atoms with Crippen molar-refractivity contribution in [2.24, 2.45) is 0 Å². The third-order valence-electron chi connectivity index (χ3n) is 2.76. The highest BCUT2D eigenvalue weighted by Gasteiger charge is 2.10. The minimum absolute atomic E-state index is 0.0117. The van der Waals surface area contributed by atoms with Crippen molar-refractivity contribution in [3.8, 4) is 11.8 Å². The maximum absolute atomic E-state index is 13.2. The van der Waals surface area contributed by atoms with E-state index in [9.17, 15) is 13.2 Å². The number of nitriles is 1. The van der Waals surface area contributed by atoms with E-state index < -0.39 is 12.4 Å². The molecule has 1 N–H and O–H groups in total. The van der Waals surface area contributed by atoms with E-state index in [-0.39, 0.29) is 12.3 Å². The molecule has 0 aliphatic heterocycles. The Morgan fingerprint density at radius 1 is 1.19 bits per heavy atom. The minimum atomic E-state index is -2.93. The second-order valence-corrected chi connectivity index (χ2v) is 4.14. The van der Waals surface area contributed by atoms with E-state index in [1.165, 1.54) is 24.3 Å². The maximum atomic E-state index is 13.2. The lowest BCUT2D eigenvalue weighted by Crippen LogP contribution is -2.07. The minimum Gasteiger partial charge on any atom is -0.433 e. The van der Waals surface area contributed by atoms with E-state index in [2.05, 4.69) is 10.1 Å². The molecule has 0 aliphatic rings. The number of para-hydroxylation sites is 2. The van der Waals surface area contributed by atoms with Crippen molar-refractivity contribution < 1.29 is 17.9 Å². The zero-order valence-electron chi connectivity index (χ0n) is 10.8. The first-order valence-corrected chi connectivity index (χ1v) is 6.06. The van der Waals surface area contributed by atoms with Gasteiger partial charge in [0.2, 0.25) is 0 Å². The predicted octanol–water partition coefficient (Wildman–Crippen LogP) is 3.91. The fourth-order valence-corrected chi connectivity index (χ4v) is 1.82. The quantitative estimate of drug-likeness (QED) is 0.908. The van der Waals surface area contributed by atoms with Crippen molar-refractivity contribution >= 4 is 5.69 Å². The van der Waals surface area contributed by atoms with Crippen LogP contribution in [-0.4, -0.2) is 6.61 Å². The smallest absolute Gasteiger partial charge is 0.387 e. The average molecular weight is 292 g/mol. The molecule has 2 rings (SSSR count). The molecular weight excluding hydrogens is 281 g/mol. The molecular formula is C15H11F3N2O. The van der Waals surface area contributed by atoms with Gasteiger partial charge in [-0.25, -0.2) is 4.39 Å². The summed E-state index contributed by atoms with van der Waals surface area (Å²) in [5, 5.41) is 11.8. The van der Waals surface area contributed by atoms with Crippen LogP contribution in [0.5, 0.6) is 5.75 Å². The molecule has 0 atom stereocenters. The van der Waals surface area contributed by atoms with Crippen LogP contribution in [0.3, 0.4) is 0 Å². The van der Waals surface area contributed by atoms with Crippen LogP contribution in [0.25, 0.3) is 0 Å². The zero-order valence-corrected chi connectivity index (χ0v) is 10.8. The van der Waals surface area contributed by atoms with Crippen LogP contribution in [0.2, 0.25) is 0 Å². The molecule has 108 valence electrons. The van der Waals surface area contributed by atoms with E-state index in [1.54, 1.807) is 18.2 Å². The summed E-state index contributed by atoms with van der Waals surface area (Å²) >= 11 is 0. The Hall–Kier alpha value is -2.68. The summed E-state index contributed by atoms with van der Waals surface area (Å²) in [6.07, 6.45) is 0. The van der Waals surface area contributed by atoms with Gasteiger partial charge >= 0.3 is 6.61 Å². The highest BCUT2D eigenvalue weighted by atomic mass is 19.3. The van der Waals surface area contributed by atoms with Crippen molar-refractivity contribution in [1.82, 2.24) is 0 Å². The van der Waals surface area contributed by atoms with Gasteiger partial charge in [-0.05, 0) is 35.9 Å². The normalized spacial score (nSPS) is 10.2. The lowest BCUT2D eigenvalue weighted by molar-refractivity contribution is -0.0493. The van der Waals surface area contributed by atoms with E-state index in [4.69, 9.17) is 5.26 Å². The molecule has 3 nitrogen and oxygen atoms in total. The van der Waals surface area contributed by atoms with Gasteiger partial charge in [-0.2, -0.15) is 14.0 Å². The van der Waals surface area contributed by atoms with Crippen LogP contribution in [0.15, 0.2) is 42.5 Å². The van der Waals surface area contributed by atoms with Gasteiger partial charge in [0.1, 0.15) is 11.6 Å². The molecule has 0 spiro atoms. The standard InChI is InChI=1S/C15H11F3N2O/c16-12-6-5-10(8-19)11(7-12)9-20-13-3-1-2-4-14(13)21-15(17)18/h1-7,15,20H,9H2. The SMILES string of the molecule is N#Cc1ccc(F)cc1CNc1ccccc1OC(F)F. The van der Waals surface area contributed by atoms with Gasteiger partial charge in [-0.3, -0.25) is 0 Å². The fourth-order valence-electron chi connectivity index (χ4n) is 1.82. The summed E-state index contributed by atoms with van der Waals surface area (Å²) in [5.41, 5.74) is 1.09. The van der Waals surface area contributed by atoms with Crippen molar-refractivity contribution in [2.45, 2.75) is 13.2 Å². The highest BCUT2D eigenvalue weighted by Crippen LogP contribution is 2.26. The van der Waals surface area contributed by atoms with Crippen LogP contribution < -0.4 is 10.1 Å². The number of rotatable bonds is 5. The molecule has 21 heavy (non-hydrogen) atoms. The lowest BCUT2D eigenvalue weighted by atomic mass is 10.1. The molecule has 0 aliphatic carbocycles. The summed E-state index contributed by atoms with van der Waals surface area (Å²) in [4.78, 5) is 0. The number of nitrogens with zero attached hydrogens (tertiary/aromatic N) is 1. The number of alkyl halides is 2. The Labute approximate surface area is 119 Å². The Morgan fingerprint density at radius 3 is 2.67 bits per heavy atom. The van der Waals surface area contributed by atoms with E-state index in [1.807, 2.05) is 6.07 Å². The van der Waals surface area contributed by atoms with Gasteiger partial charge < -0.3 is 10.1 Å². The van der Waals surface area contributed by atoms with Crippen molar-refractivity contribution in [2.75, 3.05) is 5.32 Å². The van der Waals surface area contributed by atoms with E-state index >= 15 is 0 Å². The first kappa shape index (κ1) is 14.7. The first-order valence-electron chi connectivity index (χ1n) is 6.06. The molecule has 0 amide bonds. The highest BCUT2D eigenvalue weighted by molar-refractivity contribution is 5.56.